The molecule has 0 unspecified atom stereocenters. The van der Waals surface area contributed by atoms with Gasteiger partial charge in [-0.3, -0.25) is 4.79 Å². The summed E-state index contributed by atoms with van der Waals surface area (Å²) < 4.78 is 0. The molecule has 2 aromatic rings. The Hall–Kier alpha value is -2.82. The highest BCUT2D eigenvalue weighted by molar-refractivity contribution is 5.97. The Morgan fingerprint density at radius 1 is 1.14 bits per heavy atom. The molecule has 5 nitrogen and oxygen atoms in total. The van der Waals surface area contributed by atoms with Crippen LogP contribution in [0.4, 0.5) is 5.69 Å². The van der Waals surface area contributed by atoms with Crippen molar-refractivity contribution in [3.63, 3.8) is 0 Å². The number of hydrogen-bond donors (Lipinski definition) is 3. The van der Waals surface area contributed by atoms with Crippen LogP contribution in [0.25, 0.3) is 0 Å². The number of carbonyl (C=O) groups excluding carboxylic acids is 1. The number of nitrogens with one attached hydrogen (secondary N) is 1. The Morgan fingerprint density at radius 3 is 2.38 bits per heavy atom. The van der Waals surface area contributed by atoms with Gasteiger partial charge in [0.25, 0.3) is 5.91 Å². The third kappa shape index (κ3) is 3.39. The molecule has 0 fully saturated rings. The number of nitrogens with two attached hydrogens (primary N) is 1. The summed E-state index contributed by atoms with van der Waals surface area (Å²) in [7, 11) is 0. The van der Waals surface area contributed by atoms with Gasteiger partial charge in [0.05, 0.1) is 0 Å². The minimum Gasteiger partial charge on any atom is -0.479 e. The van der Waals surface area contributed by atoms with Gasteiger partial charge in [-0.05, 0) is 30.2 Å². The molecule has 21 heavy (non-hydrogen) atoms. The summed E-state index contributed by atoms with van der Waals surface area (Å²) in [4.78, 5) is 23.5. The van der Waals surface area contributed by atoms with Gasteiger partial charge in [-0.15, -0.1) is 0 Å². The number of carboxylic acids is 1. The summed E-state index contributed by atoms with van der Waals surface area (Å²) in [5.74, 6) is -1.59. The maximum absolute atomic E-state index is 12.2. The third-order valence-electron chi connectivity index (χ3n) is 3.20. The lowest BCUT2D eigenvalue weighted by atomic mass is 10.1. The number of rotatable bonds is 4. The molecule has 0 radical (unpaired) electrons. The third-order valence-corrected chi connectivity index (χ3v) is 3.20. The van der Waals surface area contributed by atoms with E-state index < -0.39 is 17.9 Å². The fraction of sp³-hybridized carbons (Fsp3) is 0.125. The van der Waals surface area contributed by atoms with Crippen LogP contribution in [0.5, 0.6) is 0 Å². The lowest BCUT2D eigenvalue weighted by Gasteiger charge is -2.15. The van der Waals surface area contributed by atoms with Crippen molar-refractivity contribution in [2.45, 2.75) is 13.0 Å². The van der Waals surface area contributed by atoms with Crippen LogP contribution in [0.2, 0.25) is 0 Å². The molecule has 4 N–H and O–H groups in total. The standard InChI is InChI=1S/C16H16N2O3/c1-10-7-8-12(9-13(10)17)15(19)18-14(16(20)21)11-5-3-2-4-6-11/h2-9,14H,17H2,1H3,(H,18,19)(H,20,21)/t14-/m1/s1. The summed E-state index contributed by atoms with van der Waals surface area (Å²) in [5.41, 5.74) is 7.97. The molecule has 0 aliphatic carbocycles. The lowest BCUT2D eigenvalue weighted by Crippen LogP contribution is -2.33. The molecule has 0 spiro atoms. The molecule has 5 heteroatoms. The van der Waals surface area contributed by atoms with E-state index in [9.17, 15) is 14.7 Å². The minimum absolute atomic E-state index is 0.334. The molecule has 0 saturated heterocycles. The number of aryl methyl sites for hydroxylation is 1. The number of benzene rings is 2. The Labute approximate surface area is 122 Å². The van der Waals surface area contributed by atoms with Gasteiger partial charge in [-0.1, -0.05) is 36.4 Å². The zero-order chi connectivity index (χ0) is 15.4. The van der Waals surface area contributed by atoms with Crippen LogP contribution < -0.4 is 11.1 Å². The molecule has 1 amide bonds. The van der Waals surface area contributed by atoms with Gasteiger partial charge in [0, 0.05) is 11.3 Å². The van der Waals surface area contributed by atoms with E-state index in [1.807, 2.05) is 6.92 Å². The van der Waals surface area contributed by atoms with E-state index in [1.165, 1.54) is 6.07 Å². The molecule has 0 heterocycles. The predicted octanol–water partition coefficient (Wildman–Crippen LogP) is 2.13. The van der Waals surface area contributed by atoms with E-state index in [-0.39, 0.29) is 0 Å². The fourth-order valence-electron chi connectivity index (χ4n) is 1.93. The zero-order valence-electron chi connectivity index (χ0n) is 11.5. The molecule has 108 valence electrons. The molecular weight excluding hydrogens is 268 g/mol. The van der Waals surface area contributed by atoms with Gasteiger partial charge in [-0.25, -0.2) is 4.79 Å². The first-order valence-corrected chi connectivity index (χ1v) is 6.44. The van der Waals surface area contributed by atoms with Crippen LogP contribution in [0.3, 0.4) is 0 Å². The Morgan fingerprint density at radius 2 is 1.81 bits per heavy atom. The van der Waals surface area contributed by atoms with Gasteiger partial charge >= 0.3 is 5.97 Å². The average molecular weight is 284 g/mol. The van der Waals surface area contributed by atoms with Crippen molar-refractivity contribution < 1.29 is 14.7 Å². The van der Waals surface area contributed by atoms with E-state index >= 15 is 0 Å². The van der Waals surface area contributed by atoms with Gasteiger partial charge in [-0.2, -0.15) is 0 Å². The molecule has 0 aromatic heterocycles. The Kier molecular flexibility index (Phi) is 4.23. The van der Waals surface area contributed by atoms with E-state index in [4.69, 9.17) is 5.73 Å². The van der Waals surface area contributed by atoms with Gasteiger partial charge in [0.1, 0.15) is 0 Å². The quantitative estimate of drug-likeness (QED) is 0.750. The highest BCUT2D eigenvalue weighted by Gasteiger charge is 2.22. The normalized spacial score (nSPS) is 11.7. The largest absolute Gasteiger partial charge is 0.479 e. The number of nitrogen functional groups attached to an aromatic ring is 1. The molecular formula is C16H16N2O3. The highest BCUT2D eigenvalue weighted by Crippen LogP contribution is 2.16. The molecule has 0 bridgehead atoms. The highest BCUT2D eigenvalue weighted by atomic mass is 16.4. The number of amides is 1. The van der Waals surface area contributed by atoms with Crippen molar-refractivity contribution in [1.82, 2.24) is 5.32 Å². The average Bonchev–Trinajstić information content (AvgIpc) is 2.48. The first-order valence-electron chi connectivity index (χ1n) is 6.44. The molecule has 1 atom stereocenters. The van der Waals surface area contributed by atoms with Crippen molar-refractivity contribution in [1.29, 1.82) is 0 Å². The van der Waals surface area contributed by atoms with Crippen molar-refractivity contribution in [3.05, 3.63) is 65.2 Å². The Balaban J connectivity index is 2.23. The first kappa shape index (κ1) is 14.6. The van der Waals surface area contributed by atoms with E-state index in [0.717, 1.165) is 5.56 Å². The second-order valence-corrected chi connectivity index (χ2v) is 4.73. The fourth-order valence-corrected chi connectivity index (χ4v) is 1.93. The maximum atomic E-state index is 12.2. The number of anilines is 1. The summed E-state index contributed by atoms with van der Waals surface area (Å²) >= 11 is 0. The maximum Gasteiger partial charge on any atom is 0.330 e. The molecule has 2 rings (SSSR count). The number of hydrogen-bond acceptors (Lipinski definition) is 3. The van der Waals surface area contributed by atoms with Crippen LogP contribution in [-0.2, 0) is 4.79 Å². The van der Waals surface area contributed by atoms with Gasteiger partial charge < -0.3 is 16.2 Å². The molecule has 2 aromatic carbocycles. The topological polar surface area (TPSA) is 92.4 Å². The van der Waals surface area contributed by atoms with E-state index in [1.54, 1.807) is 42.5 Å². The van der Waals surface area contributed by atoms with E-state index in [2.05, 4.69) is 5.32 Å². The van der Waals surface area contributed by atoms with Crippen LogP contribution in [0, 0.1) is 6.92 Å². The smallest absolute Gasteiger partial charge is 0.330 e. The molecule has 0 saturated carbocycles. The second-order valence-electron chi connectivity index (χ2n) is 4.73. The van der Waals surface area contributed by atoms with Gasteiger partial charge in [0.2, 0.25) is 0 Å². The van der Waals surface area contributed by atoms with E-state index in [0.29, 0.717) is 16.8 Å². The minimum atomic E-state index is -1.12. The number of aliphatic carboxylic acids is 1. The predicted molar refractivity (Wildman–Crippen MR) is 79.9 cm³/mol. The van der Waals surface area contributed by atoms with Crippen LogP contribution in [-0.4, -0.2) is 17.0 Å². The van der Waals surface area contributed by atoms with Crippen LogP contribution in [0.15, 0.2) is 48.5 Å². The van der Waals surface area contributed by atoms with Crippen LogP contribution >= 0.6 is 0 Å². The first-order chi connectivity index (χ1) is 9.99. The van der Waals surface area contributed by atoms with Crippen molar-refractivity contribution in [3.8, 4) is 0 Å². The van der Waals surface area contributed by atoms with Crippen LogP contribution in [0.1, 0.15) is 27.5 Å². The van der Waals surface area contributed by atoms with Crippen molar-refractivity contribution in [2.24, 2.45) is 0 Å². The SMILES string of the molecule is Cc1ccc(C(=O)N[C@@H](C(=O)O)c2ccccc2)cc1N. The zero-order valence-corrected chi connectivity index (χ0v) is 11.5. The number of carboxylic acid groups (broad SMARTS) is 1. The second kappa shape index (κ2) is 6.09. The summed E-state index contributed by atoms with van der Waals surface area (Å²) in [6.45, 7) is 1.83. The van der Waals surface area contributed by atoms with Gasteiger partial charge in [0.15, 0.2) is 6.04 Å². The molecule has 0 aliphatic rings. The number of carbonyl (C=O) groups is 2. The monoisotopic (exact) mass is 284 g/mol. The summed E-state index contributed by atoms with van der Waals surface area (Å²) in [5, 5.41) is 11.8. The Bertz CT molecular complexity index is 668. The van der Waals surface area contributed by atoms with Crippen molar-refractivity contribution >= 4 is 17.6 Å². The molecule has 0 aliphatic heterocycles. The summed E-state index contributed by atoms with van der Waals surface area (Å²) in [6, 6.07) is 12.3. The van der Waals surface area contributed by atoms with Crippen molar-refractivity contribution in [2.75, 3.05) is 5.73 Å². The summed E-state index contributed by atoms with van der Waals surface area (Å²) in [6.07, 6.45) is 0. The lowest BCUT2D eigenvalue weighted by molar-refractivity contribution is -0.139.